The summed E-state index contributed by atoms with van der Waals surface area (Å²) in [4.78, 5) is 19.0. The van der Waals surface area contributed by atoms with Crippen LogP contribution in [0.2, 0.25) is 10.0 Å². The Morgan fingerprint density at radius 3 is 2.50 bits per heavy atom. The lowest BCUT2D eigenvalue weighted by atomic mass is 10.0. The van der Waals surface area contributed by atoms with Crippen molar-refractivity contribution in [1.29, 1.82) is 0 Å². The van der Waals surface area contributed by atoms with Gasteiger partial charge in [-0.25, -0.2) is 0 Å². The Morgan fingerprint density at radius 2 is 1.74 bits per heavy atom. The Morgan fingerprint density at radius 1 is 0.952 bits per heavy atom. The summed E-state index contributed by atoms with van der Waals surface area (Å²) in [6.07, 6.45) is 1.75. The Hall–Kier alpha value is -4.37. The van der Waals surface area contributed by atoms with E-state index < -0.39 is 0 Å². The van der Waals surface area contributed by atoms with Crippen LogP contribution in [-0.4, -0.2) is 22.6 Å². The number of hydrogen-bond acceptors (Lipinski definition) is 5. The standard InChI is InChI=1S/C32H24Cl2N4O3S/c33-24-10-6-9-23(29(24)34)26-16-17-27(41-26)31-30(25-11-4-5-18-35-25)37-32(42)38(31)21-14-12-20(13-15-21)36-28(39)19-40-22-7-2-1-3-8-22/h1-18,30-31H,19H2,(H,36,39)(H,37,42)/t30-,31+/m0/s1. The molecular formula is C32H24Cl2N4O3S. The molecule has 0 radical (unpaired) electrons. The van der Waals surface area contributed by atoms with Gasteiger partial charge in [0.05, 0.1) is 21.8 Å². The van der Waals surface area contributed by atoms with Crippen LogP contribution in [0.1, 0.15) is 23.5 Å². The molecule has 1 fully saturated rings. The van der Waals surface area contributed by atoms with Crippen LogP contribution < -0.4 is 20.3 Å². The summed E-state index contributed by atoms with van der Waals surface area (Å²) in [5.41, 5.74) is 2.95. The fourth-order valence-corrected chi connectivity index (χ4v) is 5.58. The van der Waals surface area contributed by atoms with Crippen LogP contribution >= 0.6 is 35.4 Å². The number of rotatable bonds is 8. The van der Waals surface area contributed by atoms with Crippen LogP contribution in [0.25, 0.3) is 11.3 Å². The summed E-state index contributed by atoms with van der Waals surface area (Å²) in [7, 11) is 0. The lowest BCUT2D eigenvalue weighted by Crippen LogP contribution is -2.29. The van der Waals surface area contributed by atoms with Gasteiger partial charge in [-0.05, 0) is 85.0 Å². The van der Waals surface area contributed by atoms with Crippen LogP contribution in [0, 0.1) is 0 Å². The minimum Gasteiger partial charge on any atom is -0.484 e. The van der Waals surface area contributed by atoms with E-state index in [4.69, 9.17) is 44.6 Å². The van der Waals surface area contributed by atoms with Crippen molar-refractivity contribution in [3.8, 4) is 17.1 Å². The van der Waals surface area contributed by atoms with E-state index >= 15 is 0 Å². The second-order valence-electron chi connectivity index (χ2n) is 9.50. The predicted octanol–water partition coefficient (Wildman–Crippen LogP) is 7.84. The number of anilines is 2. The average molecular weight is 616 g/mol. The highest BCUT2D eigenvalue weighted by Gasteiger charge is 2.42. The molecule has 210 valence electrons. The molecule has 3 heterocycles. The van der Waals surface area contributed by atoms with Gasteiger partial charge in [0, 0.05) is 23.1 Å². The van der Waals surface area contributed by atoms with Crippen LogP contribution in [0.4, 0.5) is 11.4 Å². The average Bonchev–Trinajstić information content (AvgIpc) is 3.63. The number of aromatic nitrogens is 1. The summed E-state index contributed by atoms with van der Waals surface area (Å²) < 4.78 is 11.9. The van der Waals surface area contributed by atoms with Crippen LogP contribution in [0.15, 0.2) is 114 Å². The van der Waals surface area contributed by atoms with Gasteiger partial charge in [-0.1, -0.05) is 53.5 Å². The molecule has 0 bridgehead atoms. The third-order valence-electron chi connectivity index (χ3n) is 6.78. The number of carbonyl (C=O) groups excluding carboxylic acids is 1. The Kier molecular flexibility index (Phi) is 8.10. The fourth-order valence-electron chi connectivity index (χ4n) is 4.84. The third-order valence-corrected chi connectivity index (χ3v) is 7.91. The van der Waals surface area contributed by atoms with Crippen molar-refractivity contribution in [1.82, 2.24) is 10.3 Å². The minimum atomic E-state index is -0.362. The molecule has 3 aromatic carbocycles. The number of carbonyl (C=O) groups is 1. The maximum Gasteiger partial charge on any atom is 0.262 e. The molecule has 0 spiro atoms. The number of nitrogens with zero attached hydrogens (tertiary/aromatic N) is 2. The number of amides is 1. The zero-order chi connectivity index (χ0) is 29.1. The van der Waals surface area contributed by atoms with Crippen LogP contribution in [0.5, 0.6) is 5.75 Å². The van der Waals surface area contributed by atoms with E-state index in [-0.39, 0.29) is 24.6 Å². The van der Waals surface area contributed by atoms with Gasteiger partial charge >= 0.3 is 0 Å². The van der Waals surface area contributed by atoms with E-state index in [1.807, 2.05) is 89.8 Å². The molecule has 1 aliphatic rings. The van der Waals surface area contributed by atoms with E-state index in [1.54, 1.807) is 24.4 Å². The first-order valence-corrected chi connectivity index (χ1v) is 14.3. The second kappa shape index (κ2) is 12.2. The number of pyridine rings is 1. The zero-order valence-corrected chi connectivity index (χ0v) is 24.4. The quantitative estimate of drug-likeness (QED) is 0.172. The molecule has 7 nitrogen and oxygen atoms in total. The van der Waals surface area contributed by atoms with Gasteiger partial charge in [0.25, 0.3) is 5.91 Å². The highest BCUT2D eigenvalue weighted by Crippen LogP contribution is 2.44. The van der Waals surface area contributed by atoms with Gasteiger partial charge in [-0.15, -0.1) is 0 Å². The van der Waals surface area contributed by atoms with Crippen molar-refractivity contribution in [3.05, 3.63) is 131 Å². The van der Waals surface area contributed by atoms with Crippen molar-refractivity contribution >= 4 is 57.8 Å². The molecule has 2 N–H and O–H groups in total. The summed E-state index contributed by atoms with van der Waals surface area (Å²) in [6.45, 7) is -0.100. The van der Waals surface area contributed by atoms with Gasteiger partial charge in [-0.3, -0.25) is 9.78 Å². The molecule has 1 saturated heterocycles. The van der Waals surface area contributed by atoms with E-state index in [1.165, 1.54) is 0 Å². The minimum absolute atomic E-state index is 0.100. The van der Waals surface area contributed by atoms with E-state index in [0.29, 0.717) is 43.7 Å². The normalized spacial score (nSPS) is 16.2. The molecule has 1 amide bonds. The highest BCUT2D eigenvalue weighted by atomic mass is 35.5. The maximum atomic E-state index is 12.5. The van der Waals surface area contributed by atoms with Gasteiger partial charge in [0.15, 0.2) is 11.7 Å². The molecule has 5 aromatic rings. The Labute approximate surface area is 258 Å². The molecule has 6 rings (SSSR count). The van der Waals surface area contributed by atoms with E-state index in [0.717, 1.165) is 11.4 Å². The molecule has 42 heavy (non-hydrogen) atoms. The lowest BCUT2D eigenvalue weighted by Gasteiger charge is -2.26. The number of furan rings is 1. The van der Waals surface area contributed by atoms with Crippen LogP contribution in [0.3, 0.4) is 0 Å². The molecule has 2 atom stereocenters. The topological polar surface area (TPSA) is 79.6 Å². The van der Waals surface area contributed by atoms with Crippen molar-refractivity contribution in [2.45, 2.75) is 12.1 Å². The number of hydrogen-bond donors (Lipinski definition) is 2. The molecule has 1 aliphatic heterocycles. The summed E-state index contributed by atoms with van der Waals surface area (Å²) in [5.74, 6) is 1.62. The highest BCUT2D eigenvalue weighted by molar-refractivity contribution is 7.80. The van der Waals surface area contributed by atoms with E-state index in [2.05, 4.69) is 15.6 Å². The van der Waals surface area contributed by atoms with Gasteiger partial charge < -0.3 is 24.7 Å². The predicted molar refractivity (Wildman–Crippen MR) is 169 cm³/mol. The smallest absolute Gasteiger partial charge is 0.262 e. The molecule has 2 aromatic heterocycles. The van der Waals surface area contributed by atoms with Crippen molar-refractivity contribution in [2.24, 2.45) is 0 Å². The largest absolute Gasteiger partial charge is 0.484 e. The molecule has 0 saturated carbocycles. The number of halogens is 2. The third kappa shape index (κ3) is 5.83. The van der Waals surface area contributed by atoms with Crippen molar-refractivity contribution in [3.63, 3.8) is 0 Å². The first-order chi connectivity index (χ1) is 20.5. The van der Waals surface area contributed by atoms with Gasteiger partial charge in [0.1, 0.15) is 23.3 Å². The molecule has 0 aliphatic carbocycles. The first kappa shape index (κ1) is 27.8. The number of nitrogens with one attached hydrogen (secondary N) is 2. The van der Waals surface area contributed by atoms with E-state index in [9.17, 15) is 4.79 Å². The van der Waals surface area contributed by atoms with Gasteiger partial charge in [-0.2, -0.15) is 0 Å². The first-order valence-electron chi connectivity index (χ1n) is 13.1. The zero-order valence-electron chi connectivity index (χ0n) is 22.0. The SMILES string of the molecule is O=C(COc1ccccc1)Nc1ccc(N2C(=S)N[C@@H](c3ccccn3)[C@H]2c2ccc(-c3cccc(Cl)c3Cl)o2)cc1. The van der Waals surface area contributed by atoms with Crippen LogP contribution in [-0.2, 0) is 4.79 Å². The monoisotopic (exact) mass is 614 g/mol. The lowest BCUT2D eigenvalue weighted by molar-refractivity contribution is -0.118. The Balaban J connectivity index is 1.27. The van der Waals surface area contributed by atoms with Crippen molar-refractivity contribution < 1.29 is 13.9 Å². The second-order valence-corrected chi connectivity index (χ2v) is 10.7. The Bertz CT molecular complexity index is 1720. The van der Waals surface area contributed by atoms with Gasteiger partial charge in [0.2, 0.25) is 0 Å². The number of para-hydroxylation sites is 1. The number of benzene rings is 3. The molecular weight excluding hydrogens is 591 g/mol. The fraction of sp³-hybridized carbons (Fsp3) is 0.0938. The number of ether oxygens (including phenoxy) is 1. The summed E-state index contributed by atoms with van der Waals surface area (Å²) in [5, 5.41) is 7.67. The summed E-state index contributed by atoms with van der Waals surface area (Å²) in [6, 6.07) is 30.9. The molecule has 0 unspecified atom stereocenters. The van der Waals surface area contributed by atoms with Crippen molar-refractivity contribution in [2.75, 3.05) is 16.8 Å². The summed E-state index contributed by atoms with van der Waals surface area (Å²) >= 11 is 18.6. The molecule has 10 heteroatoms. The maximum absolute atomic E-state index is 12.5. The number of thiocarbonyl (C=S) groups is 1.